The van der Waals surface area contributed by atoms with Crippen molar-refractivity contribution in [3.8, 4) is 0 Å². The smallest absolute Gasteiger partial charge is 0.258 e. The Balaban J connectivity index is 2.21. The number of anilines is 1. The molecule has 0 aliphatic rings. The summed E-state index contributed by atoms with van der Waals surface area (Å²) in [5.74, 6) is -0.285. The first-order valence-electron chi connectivity index (χ1n) is 4.67. The quantitative estimate of drug-likeness (QED) is 0.684. The number of carbonyl (C=O) groups is 1. The number of halogens is 3. The molecule has 0 spiro atoms. The summed E-state index contributed by atoms with van der Waals surface area (Å²) < 4.78 is 0. The molecule has 2 heterocycles. The Bertz CT molecular complexity index is 588. The van der Waals surface area contributed by atoms with Crippen LogP contribution in [0.15, 0.2) is 24.7 Å². The minimum absolute atomic E-state index is 0.0659. The third-order valence-electron chi connectivity index (χ3n) is 1.97. The molecule has 8 heteroatoms. The third kappa shape index (κ3) is 2.87. The second-order valence-electron chi connectivity index (χ2n) is 3.15. The van der Waals surface area contributed by atoms with Crippen LogP contribution in [-0.2, 0) is 0 Å². The van der Waals surface area contributed by atoms with Crippen molar-refractivity contribution < 1.29 is 4.79 Å². The van der Waals surface area contributed by atoms with E-state index in [0.717, 1.165) is 0 Å². The van der Waals surface area contributed by atoms with E-state index in [9.17, 15) is 4.79 Å². The molecule has 18 heavy (non-hydrogen) atoms. The zero-order valence-electron chi connectivity index (χ0n) is 8.69. The van der Waals surface area contributed by atoms with E-state index in [1.165, 1.54) is 24.7 Å². The lowest BCUT2D eigenvalue weighted by Crippen LogP contribution is -2.13. The van der Waals surface area contributed by atoms with E-state index >= 15 is 0 Å². The van der Waals surface area contributed by atoms with Crippen LogP contribution in [0.5, 0.6) is 0 Å². The van der Waals surface area contributed by atoms with Crippen molar-refractivity contribution in [2.24, 2.45) is 0 Å². The fraction of sp³-hybridized carbons (Fsp3) is 0. The van der Waals surface area contributed by atoms with Crippen LogP contribution < -0.4 is 5.32 Å². The second kappa shape index (κ2) is 5.48. The summed E-state index contributed by atoms with van der Waals surface area (Å²) >= 11 is 17.2. The Morgan fingerprint density at radius 2 is 1.89 bits per heavy atom. The summed E-state index contributed by atoms with van der Waals surface area (Å²) in [6.45, 7) is 0. The number of hydrogen-bond donors (Lipinski definition) is 1. The SMILES string of the molecule is O=C(Nc1ncnc(Cl)c1Cl)c1ccc(Cl)nc1. The normalized spacial score (nSPS) is 10.2. The lowest BCUT2D eigenvalue weighted by atomic mass is 10.3. The topological polar surface area (TPSA) is 67.8 Å². The summed E-state index contributed by atoms with van der Waals surface area (Å²) in [5.41, 5.74) is 0.324. The van der Waals surface area contributed by atoms with E-state index in [-0.39, 0.29) is 16.0 Å². The van der Waals surface area contributed by atoms with Gasteiger partial charge in [-0.3, -0.25) is 4.79 Å². The Hall–Kier alpha value is -1.43. The van der Waals surface area contributed by atoms with Gasteiger partial charge in [-0.15, -0.1) is 0 Å². The number of pyridine rings is 1. The standard InChI is InChI=1S/C10H5Cl3N4O/c11-6-2-1-5(3-14-6)10(18)17-9-7(12)8(13)15-4-16-9/h1-4H,(H,15,16,17,18). The Labute approximate surface area is 117 Å². The van der Waals surface area contributed by atoms with Gasteiger partial charge in [0.25, 0.3) is 5.91 Å². The molecule has 1 amide bonds. The van der Waals surface area contributed by atoms with E-state index in [0.29, 0.717) is 10.7 Å². The Morgan fingerprint density at radius 3 is 2.56 bits per heavy atom. The molecular weight excluding hydrogens is 298 g/mol. The molecule has 0 aromatic carbocycles. The van der Waals surface area contributed by atoms with Crippen LogP contribution in [-0.4, -0.2) is 20.9 Å². The van der Waals surface area contributed by atoms with E-state index in [4.69, 9.17) is 34.8 Å². The molecule has 0 saturated carbocycles. The average molecular weight is 304 g/mol. The van der Waals surface area contributed by atoms with Crippen LogP contribution in [0.4, 0.5) is 5.82 Å². The highest BCUT2D eigenvalue weighted by atomic mass is 35.5. The molecule has 2 aromatic heterocycles. The van der Waals surface area contributed by atoms with Crippen molar-refractivity contribution in [2.75, 3.05) is 5.32 Å². The number of nitrogens with one attached hydrogen (secondary N) is 1. The molecule has 1 N–H and O–H groups in total. The van der Waals surface area contributed by atoms with Gasteiger partial charge in [-0.25, -0.2) is 15.0 Å². The maximum atomic E-state index is 11.8. The predicted octanol–water partition coefficient (Wildman–Crippen LogP) is 3.08. The maximum absolute atomic E-state index is 11.8. The molecule has 0 unspecified atom stereocenters. The molecule has 5 nitrogen and oxygen atoms in total. The van der Waals surface area contributed by atoms with E-state index < -0.39 is 5.91 Å². The minimum atomic E-state index is -0.421. The molecule has 0 fully saturated rings. The van der Waals surface area contributed by atoms with Gasteiger partial charge < -0.3 is 5.32 Å². The van der Waals surface area contributed by atoms with E-state index in [1.807, 2.05) is 0 Å². The van der Waals surface area contributed by atoms with Crippen molar-refractivity contribution in [1.82, 2.24) is 15.0 Å². The molecule has 0 bridgehead atoms. The zero-order valence-corrected chi connectivity index (χ0v) is 11.0. The van der Waals surface area contributed by atoms with Crippen LogP contribution in [0, 0.1) is 0 Å². The number of rotatable bonds is 2. The van der Waals surface area contributed by atoms with Gasteiger partial charge in [-0.1, -0.05) is 34.8 Å². The van der Waals surface area contributed by atoms with Gasteiger partial charge in [-0.05, 0) is 12.1 Å². The average Bonchev–Trinajstić information content (AvgIpc) is 2.36. The number of carbonyl (C=O) groups excluding carboxylic acids is 1. The zero-order chi connectivity index (χ0) is 13.1. The summed E-state index contributed by atoms with van der Waals surface area (Å²) in [4.78, 5) is 23.1. The van der Waals surface area contributed by atoms with Crippen LogP contribution >= 0.6 is 34.8 Å². The van der Waals surface area contributed by atoms with Crippen LogP contribution in [0.2, 0.25) is 15.3 Å². The molecule has 0 saturated heterocycles. The van der Waals surface area contributed by atoms with Gasteiger partial charge in [0.05, 0.1) is 5.56 Å². The van der Waals surface area contributed by atoms with Gasteiger partial charge in [-0.2, -0.15) is 0 Å². The number of hydrogen-bond acceptors (Lipinski definition) is 4. The van der Waals surface area contributed by atoms with Crippen molar-refractivity contribution in [2.45, 2.75) is 0 Å². The predicted molar refractivity (Wildman–Crippen MR) is 69.3 cm³/mol. The Kier molecular flexibility index (Phi) is 3.96. The first kappa shape index (κ1) is 13.0. The number of amides is 1. The molecule has 2 rings (SSSR count). The van der Waals surface area contributed by atoms with Crippen molar-refractivity contribution >= 4 is 46.5 Å². The van der Waals surface area contributed by atoms with Crippen LogP contribution in [0.25, 0.3) is 0 Å². The van der Waals surface area contributed by atoms with Crippen LogP contribution in [0.1, 0.15) is 10.4 Å². The molecule has 0 radical (unpaired) electrons. The summed E-state index contributed by atoms with van der Waals surface area (Å²) in [7, 11) is 0. The molecule has 0 aliphatic carbocycles. The first-order valence-corrected chi connectivity index (χ1v) is 5.80. The first-order chi connectivity index (χ1) is 8.58. The van der Waals surface area contributed by atoms with Gasteiger partial charge in [0.2, 0.25) is 0 Å². The Morgan fingerprint density at radius 1 is 1.11 bits per heavy atom. The lowest BCUT2D eigenvalue weighted by Gasteiger charge is -2.06. The highest BCUT2D eigenvalue weighted by molar-refractivity contribution is 6.43. The lowest BCUT2D eigenvalue weighted by molar-refractivity contribution is 0.102. The molecule has 0 atom stereocenters. The fourth-order valence-corrected chi connectivity index (χ4v) is 1.52. The third-order valence-corrected chi connectivity index (χ3v) is 2.93. The fourth-order valence-electron chi connectivity index (χ4n) is 1.13. The van der Waals surface area contributed by atoms with Crippen molar-refractivity contribution in [3.05, 3.63) is 45.5 Å². The second-order valence-corrected chi connectivity index (χ2v) is 4.27. The summed E-state index contributed by atoms with van der Waals surface area (Å²) in [5, 5.41) is 2.94. The van der Waals surface area contributed by atoms with Crippen LogP contribution in [0.3, 0.4) is 0 Å². The van der Waals surface area contributed by atoms with E-state index in [1.54, 1.807) is 0 Å². The number of aromatic nitrogens is 3. The highest BCUT2D eigenvalue weighted by Gasteiger charge is 2.12. The maximum Gasteiger partial charge on any atom is 0.258 e. The van der Waals surface area contributed by atoms with Gasteiger partial charge in [0, 0.05) is 6.20 Å². The monoisotopic (exact) mass is 302 g/mol. The highest BCUT2D eigenvalue weighted by Crippen LogP contribution is 2.25. The minimum Gasteiger partial charge on any atom is -0.305 e. The van der Waals surface area contributed by atoms with E-state index in [2.05, 4.69) is 20.3 Å². The largest absolute Gasteiger partial charge is 0.305 e. The summed E-state index contributed by atoms with van der Waals surface area (Å²) in [6, 6.07) is 3.03. The summed E-state index contributed by atoms with van der Waals surface area (Å²) in [6.07, 6.45) is 2.54. The van der Waals surface area contributed by atoms with Gasteiger partial charge >= 0.3 is 0 Å². The molecule has 92 valence electrons. The molecular formula is C10H5Cl3N4O. The van der Waals surface area contributed by atoms with Crippen molar-refractivity contribution in [1.29, 1.82) is 0 Å². The van der Waals surface area contributed by atoms with Gasteiger partial charge in [0.15, 0.2) is 11.0 Å². The van der Waals surface area contributed by atoms with Gasteiger partial charge in [0.1, 0.15) is 16.5 Å². The number of nitrogens with zero attached hydrogens (tertiary/aromatic N) is 3. The molecule has 0 aliphatic heterocycles. The molecule has 2 aromatic rings. The van der Waals surface area contributed by atoms with Crippen molar-refractivity contribution in [3.63, 3.8) is 0 Å².